The van der Waals surface area contributed by atoms with E-state index in [0.717, 1.165) is 36.8 Å². The number of aryl methyl sites for hydroxylation is 1. The van der Waals surface area contributed by atoms with E-state index in [1.165, 1.54) is 5.01 Å². The van der Waals surface area contributed by atoms with Crippen LogP contribution in [-0.4, -0.2) is 37.7 Å². The lowest BCUT2D eigenvalue weighted by Gasteiger charge is -2.12. The molecule has 0 bridgehead atoms. The molecule has 0 fully saturated rings. The van der Waals surface area contributed by atoms with E-state index in [1.807, 2.05) is 30.3 Å². The first-order valence-electron chi connectivity index (χ1n) is 7.87. The number of para-hydroxylation sites is 1. The van der Waals surface area contributed by atoms with Crippen LogP contribution in [0.15, 0.2) is 40.7 Å². The van der Waals surface area contributed by atoms with Crippen molar-refractivity contribution in [1.82, 2.24) is 15.6 Å². The van der Waals surface area contributed by atoms with Gasteiger partial charge in [-0.3, -0.25) is 4.99 Å². The minimum absolute atomic E-state index is 0. The Hall–Kier alpha value is -1.35. The molecule has 24 heavy (non-hydrogen) atoms. The highest BCUT2D eigenvalue weighted by Crippen LogP contribution is 2.10. The molecule has 0 atom stereocenters. The van der Waals surface area contributed by atoms with Crippen LogP contribution in [0.4, 0.5) is 0 Å². The lowest BCUT2D eigenvalue weighted by atomic mass is 10.3. The Labute approximate surface area is 165 Å². The first-order valence-corrected chi connectivity index (χ1v) is 8.75. The van der Waals surface area contributed by atoms with Crippen LogP contribution in [0.5, 0.6) is 5.75 Å². The minimum atomic E-state index is 0. The van der Waals surface area contributed by atoms with Gasteiger partial charge in [-0.2, -0.15) is 0 Å². The number of aliphatic imine (C=N–C) groups is 1. The quantitative estimate of drug-likeness (QED) is 0.275. The number of benzene rings is 1. The van der Waals surface area contributed by atoms with Crippen LogP contribution in [0.2, 0.25) is 0 Å². The summed E-state index contributed by atoms with van der Waals surface area (Å²) in [6.07, 6.45) is 1.90. The maximum absolute atomic E-state index is 5.64. The third-order valence-electron chi connectivity index (χ3n) is 3.21. The van der Waals surface area contributed by atoms with Crippen LogP contribution in [0.1, 0.15) is 17.6 Å². The third kappa shape index (κ3) is 7.48. The van der Waals surface area contributed by atoms with Crippen molar-refractivity contribution in [3.8, 4) is 5.75 Å². The number of nitrogens with one attached hydrogen (secondary N) is 2. The van der Waals surface area contributed by atoms with Gasteiger partial charge in [0.1, 0.15) is 12.4 Å². The van der Waals surface area contributed by atoms with Crippen molar-refractivity contribution in [1.29, 1.82) is 0 Å². The van der Waals surface area contributed by atoms with Gasteiger partial charge in [0.2, 0.25) is 0 Å². The van der Waals surface area contributed by atoms with Gasteiger partial charge in [-0.15, -0.1) is 35.3 Å². The number of ether oxygens (including phenoxy) is 1. The van der Waals surface area contributed by atoms with E-state index in [4.69, 9.17) is 4.74 Å². The molecule has 0 spiro atoms. The maximum atomic E-state index is 5.64. The van der Waals surface area contributed by atoms with Crippen molar-refractivity contribution < 1.29 is 4.74 Å². The Kier molecular flexibility index (Phi) is 10.4. The fraction of sp³-hybridized carbons (Fsp3) is 0.412. The van der Waals surface area contributed by atoms with Gasteiger partial charge in [-0.05, 0) is 18.6 Å². The molecule has 5 nitrogen and oxygen atoms in total. The first kappa shape index (κ1) is 20.7. The van der Waals surface area contributed by atoms with Crippen molar-refractivity contribution >= 4 is 41.3 Å². The van der Waals surface area contributed by atoms with Crippen LogP contribution < -0.4 is 15.4 Å². The van der Waals surface area contributed by atoms with Gasteiger partial charge in [0.25, 0.3) is 0 Å². The lowest BCUT2D eigenvalue weighted by Crippen LogP contribution is -2.40. The number of guanidine groups is 1. The van der Waals surface area contributed by atoms with Crippen LogP contribution in [0.3, 0.4) is 0 Å². The van der Waals surface area contributed by atoms with Crippen LogP contribution in [0.25, 0.3) is 0 Å². The third-order valence-corrected chi connectivity index (χ3v) is 4.25. The highest BCUT2D eigenvalue weighted by Gasteiger charge is 2.01. The van der Waals surface area contributed by atoms with E-state index >= 15 is 0 Å². The number of halogens is 1. The lowest BCUT2D eigenvalue weighted by molar-refractivity contribution is 0.322. The Morgan fingerprint density at radius 2 is 1.96 bits per heavy atom. The second-order valence-corrected chi connectivity index (χ2v) is 5.87. The molecule has 2 aromatic rings. The Morgan fingerprint density at radius 3 is 2.62 bits per heavy atom. The smallest absolute Gasteiger partial charge is 0.191 e. The molecule has 1 aromatic carbocycles. The van der Waals surface area contributed by atoms with E-state index in [1.54, 1.807) is 18.4 Å². The molecule has 0 unspecified atom stereocenters. The van der Waals surface area contributed by atoms with Crippen LogP contribution in [-0.2, 0) is 12.8 Å². The first-order chi connectivity index (χ1) is 11.3. The standard InChI is InChI=1S/C17H24N4OS.HI/c1-3-16-21-14(13-23-16)9-10-19-17(18-2)20-11-12-22-15-7-5-4-6-8-15;/h4-8,13H,3,9-12H2,1-2H3,(H2,18,19,20);1H. The molecule has 1 aromatic heterocycles. The van der Waals surface area contributed by atoms with Crippen molar-refractivity contribution in [3.05, 3.63) is 46.4 Å². The average molecular weight is 460 g/mol. The van der Waals surface area contributed by atoms with Crippen molar-refractivity contribution in [2.45, 2.75) is 19.8 Å². The summed E-state index contributed by atoms with van der Waals surface area (Å²) >= 11 is 1.73. The molecule has 0 aliphatic heterocycles. The predicted molar refractivity (Wildman–Crippen MR) is 112 cm³/mol. The zero-order chi connectivity index (χ0) is 16.3. The molecule has 2 N–H and O–H groups in total. The summed E-state index contributed by atoms with van der Waals surface area (Å²) in [4.78, 5) is 8.76. The van der Waals surface area contributed by atoms with E-state index in [-0.39, 0.29) is 24.0 Å². The zero-order valence-corrected chi connectivity index (χ0v) is 17.3. The highest BCUT2D eigenvalue weighted by molar-refractivity contribution is 14.0. The fourth-order valence-electron chi connectivity index (χ4n) is 2.01. The summed E-state index contributed by atoms with van der Waals surface area (Å²) in [5.74, 6) is 1.67. The Balaban J connectivity index is 0.00000288. The van der Waals surface area contributed by atoms with E-state index in [9.17, 15) is 0 Å². The van der Waals surface area contributed by atoms with Gasteiger partial charge in [0.05, 0.1) is 17.2 Å². The topological polar surface area (TPSA) is 58.5 Å². The van der Waals surface area contributed by atoms with Gasteiger partial charge in [0, 0.05) is 25.4 Å². The molecule has 2 rings (SSSR count). The molecular weight excluding hydrogens is 435 g/mol. The monoisotopic (exact) mass is 460 g/mol. The number of rotatable bonds is 8. The van der Waals surface area contributed by atoms with E-state index in [0.29, 0.717) is 13.2 Å². The predicted octanol–water partition coefficient (Wildman–Crippen LogP) is 3.11. The number of nitrogens with zero attached hydrogens (tertiary/aromatic N) is 2. The van der Waals surface area contributed by atoms with Gasteiger partial charge in [-0.1, -0.05) is 25.1 Å². The summed E-state index contributed by atoms with van der Waals surface area (Å²) in [5, 5.41) is 9.85. The van der Waals surface area contributed by atoms with Crippen molar-refractivity contribution in [3.63, 3.8) is 0 Å². The molecule has 7 heteroatoms. The normalized spacial score (nSPS) is 10.8. The molecule has 0 aliphatic carbocycles. The molecule has 0 radical (unpaired) electrons. The van der Waals surface area contributed by atoms with Crippen LogP contribution in [0, 0.1) is 0 Å². The Morgan fingerprint density at radius 1 is 1.21 bits per heavy atom. The van der Waals surface area contributed by atoms with Crippen molar-refractivity contribution in [2.24, 2.45) is 4.99 Å². The summed E-state index contributed by atoms with van der Waals surface area (Å²) < 4.78 is 5.64. The molecule has 0 aliphatic rings. The van der Waals surface area contributed by atoms with Gasteiger partial charge in [-0.25, -0.2) is 4.98 Å². The number of hydrogen-bond donors (Lipinski definition) is 2. The molecule has 0 amide bonds. The summed E-state index contributed by atoms with van der Waals surface area (Å²) in [7, 11) is 1.77. The summed E-state index contributed by atoms with van der Waals surface area (Å²) in [6, 6.07) is 9.80. The number of thiazole rings is 1. The molecule has 0 saturated carbocycles. The summed E-state index contributed by atoms with van der Waals surface area (Å²) in [6.45, 7) is 4.23. The van der Waals surface area contributed by atoms with Gasteiger partial charge in [0.15, 0.2) is 5.96 Å². The molecule has 0 saturated heterocycles. The molecule has 132 valence electrons. The van der Waals surface area contributed by atoms with Gasteiger partial charge >= 0.3 is 0 Å². The second kappa shape index (κ2) is 12.1. The fourth-order valence-corrected chi connectivity index (χ4v) is 2.79. The van der Waals surface area contributed by atoms with Crippen molar-refractivity contribution in [2.75, 3.05) is 26.7 Å². The summed E-state index contributed by atoms with van der Waals surface area (Å²) in [5.41, 5.74) is 1.14. The highest BCUT2D eigenvalue weighted by atomic mass is 127. The maximum Gasteiger partial charge on any atom is 0.191 e. The zero-order valence-electron chi connectivity index (χ0n) is 14.1. The van der Waals surface area contributed by atoms with E-state index < -0.39 is 0 Å². The van der Waals surface area contributed by atoms with E-state index in [2.05, 4.69) is 32.9 Å². The Bertz CT molecular complexity index is 604. The number of aromatic nitrogens is 1. The molecule has 1 heterocycles. The number of hydrogen-bond acceptors (Lipinski definition) is 4. The SMILES string of the molecule is CCc1nc(CCNC(=NC)NCCOc2ccccc2)cs1.I. The van der Waals surface area contributed by atoms with Crippen LogP contribution >= 0.6 is 35.3 Å². The second-order valence-electron chi connectivity index (χ2n) is 4.92. The minimum Gasteiger partial charge on any atom is -0.492 e. The molecular formula is C17H25IN4OS. The largest absolute Gasteiger partial charge is 0.492 e. The van der Waals surface area contributed by atoms with Gasteiger partial charge < -0.3 is 15.4 Å². The average Bonchev–Trinajstić information content (AvgIpc) is 3.06.